The van der Waals surface area contributed by atoms with E-state index in [0.29, 0.717) is 11.3 Å². The number of anilines is 1. The van der Waals surface area contributed by atoms with Gasteiger partial charge in [-0.2, -0.15) is 0 Å². The normalized spacial score (nSPS) is 11.8. The third-order valence-corrected chi connectivity index (χ3v) is 2.93. The average Bonchev–Trinajstić information content (AvgIpc) is 2.37. The number of carbonyl (C=O) groups is 3. The maximum absolute atomic E-state index is 12.1. The minimum Gasteiger partial charge on any atom is -0.481 e. The molecule has 114 valence electrons. The van der Waals surface area contributed by atoms with E-state index in [1.807, 2.05) is 13.8 Å². The van der Waals surface area contributed by atoms with E-state index in [4.69, 9.17) is 10.8 Å². The number of carboxylic acids is 1. The Kier molecular flexibility index (Phi) is 5.71. The number of amides is 3. The van der Waals surface area contributed by atoms with E-state index in [2.05, 4.69) is 10.6 Å². The summed E-state index contributed by atoms with van der Waals surface area (Å²) in [7, 11) is 0. The molecule has 0 aliphatic carbocycles. The Morgan fingerprint density at radius 1 is 1.19 bits per heavy atom. The first-order valence-corrected chi connectivity index (χ1v) is 6.48. The van der Waals surface area contributed by atoms with Gasteiger partial charge in [0.15, 0.2) is 0 Å². The highest BCUT2D eigenvalue weighted by Gasteiger charge is 2.20. The Bertz CT molecular complexity index is 526. The number of nitrogens with one attached hydrogen (secondary N) is 2. The van der Waals surface area contributed by atoms with Crippen LogP contribution in [-0.2, 0) is 4.79 Å². The minimum absolute atomic E-state index is 0.000788. The number of aliphatic carboxylic acids is 1. The molecule has 1 aromatic rings. The summed E-state index contributed by atoms with van der Waals surface area (Å²) < 4.78 is 0. The molecule has 0 radical (unpaired) electrons. The Morgan fingerprint density at radius 3 is 2.19 bits per heavy atom. The Labute approximate surface area is 122 Å². The third-order valence-electron chi connectivity index (χ3n) is 2.93. The van der Waals surface area contributed by atoms with Crippen LogP contribution in [0.5, 0.6) is 0 Å². The van der Waals surface area contributed by atoms with Crippen LogP contribution in [0.2, 0.25) is 0 Å². The van der Waals surface area contributed by atoms with Crippen molar-refractivity contribution in [3.63, 3.8) is 0 Å². The summed E-state index contributed by atoms with van der Waals surface area (Å²) in [5.41, 5.74) is 5.84. The second kappa shape index (κ2) is 7.28. The van der Waals surface area contributed by atoms with Gasteiger partial charge < -0.3 is 21.5 Å². The molecule has 0 aliphatic heterocycles. The summed E-state index contributed by atoms with van der Waals surface area (Å²) in [5, 5.41) is 13.9. The molecular weight excluding hydrogens is 274 g/mol. The first-order valence-electron chi connectivity index (χ1n) is 6.48. The molecule has 1 rings (SSSR count). The highest BCUT2D eigenvalue weighted by atomic mass is 16.4. The van der Waals surface area contributed by atoms with Crippen molar-refractivity contribution in [3.05, 3.63) is 29.8 Å². The highest BCUT2D eigenvalue weighted by Crippen LogP contribution is 2.11. The number of carboxylic acid groups (broad SMARTS) is 1. The summed E-state index contributed by atoms with van der Waals surface area (Å²) in [5.74, 6) is -1.32. The van der Waals surface area contributed by atoms with Crippen LogP contribution in [0.4, 0.5) is 10.5 Å². The zero-order valence-corrected chi connectivity index (χ0v) is 11.9. The molecule has 0 fully saturated rings. The number of carbonyl (C=O) groups excluding carboxylic acids is 2. The lowest BCUT2D eigenvalue weighted by molar-refractivity contribution is -0.137. The van der Waals surface area contributed by atoms with E-state index in [9.17, 15) is 14.4 Å². The summed E-state index contributed by atoms with van der Waals surface area (Å²) in [4.78, 5) is 33.5. The number of nitrogens with two attached hydrogens (primary N) is 1. The number of hydrogen-bond acceptors (Lipinski definition) is 3. The van der Waals surface area contributed by atoms with E-state index in [1.165, 1.54) is 12.1 Å². The van der Waals surface area contributed by atoms with Crippen LogP contribution in [-0.4, -0.2) is 29.1 Å². The Balaban J connectivity index is 2.73. The minimum atomic E-state index is -0.963. The van der Waals surface area contributed by atoms with Gasteiger partial charge in [-0.15, -0.1) is 0 Å². The lowest BCUT2D eigenvalue weighted by atomic mass is 10.0. The molecule has 7 nitrogen and oxygen atoms in total. The van der Waals surface area contributed by atoms with Crippen molar-refractivity contribution in [1.29, 1.82) is 0 Å². The molecule has 1 atom stereocenters. The van der Waals surface area contributed by atoms with Crippen molar-refractivity contribution < 1.29 is 19.5 Å². The molecule has 1 unspecified atom stereocenters. The second-order valence-corrected chi connectivity index (χ2v) is 4.99. The van der Waals surface area contributed by atoms with Crippen molar-refractivity contribution >= 4 is 23.6 Å². The predicted octanol–water partition coefficient (Wildman–Crippen LogP) is 1.41. The fourth-order valence-electron chi connectivity index (χ4n) is 1.74. The maximum atomic E-state index is 12.1. The molecule has 0 aromatic heterocycles. The van der Waals surface area contributed by atoms with E-state index >= 15 is 0 Å². The first-order chi connectivity index (χ1) is 9.79. The molecule has 0 aliphatic rings. The SMILES string of the molecule is CC(C)C(CC(=O)O)NC(=O)c1ccc(NC(N)=O)cc1. The molecule has 3 amide bonds. The Morgan fingerprint density at radius 2 is 1.76 bits per heavy atom. The van der Waals surface area contributed by atoms with Crippen molar-refractivity contribution in [2.45, 2.75) is 26.3 Å². The summed E-state index contributed by atoms with van der Waals surface area (Å²) in [6.07, 6.45) is -0.134. The lowest BCUT2D eigenvalue weighted by Gasteiger charge is -2.20. The zero-order chi connectivity index (χ0) is 16.0. The largest absolute Gasteiger partial charge is 0.481 e. The van der Waals surface area contributed by atoms with Crippen LogP contribution in [0.25, 0.3) is 0 Å². The van der Waals surface area contributed by atoms with Gasteiger partial charge in [-0.3, -0.25) is 9.59 Å². The first kappa shape index (κ1) is 16.5. The standard InChI is InChI=1S/C14H19N3O4/c1-8(2)11(7-12(18)19)17-13(20)9-3-5-10(6-4-9)16-14(15)21/h3-6,8,11H,7H2,1-2H3,(H,17,20)(H,18,19)(H3,15,16,21). The van der Waals surface area contributed by atoms with Gasteiger partial charge in [-0.1, -0.05) is 13.8 Å². The molecule has 0 saturated carbocycles. The van der Waals surface area contributed by atoms with Gasteiger partial charge in [0.2, 0.25) is 0 Å². The van der Waals surface area contributed by atoms with Gasteiger partial charge in [0.25, 0.3) is 5.91 Å². The smallest absolute Gasteiger partial charge is 0.316 e. The lowest BCUT2D eigenvalue weighted by Crippen LogP contribution is -2.40. The molecule has 0 bridgehead atoms. The number of rotatable bonds is 6. The quantitative estimate of drug-likeness (QED) is 0.633. The maximum Gasteiger partial charge on any atom is 0.316 e. The van der Waals surface area contributed by atoms with E-state index in [1.54, 1.807) is 12.1 Å². The molecule has 0 spiro atoms. The van der Waals surface area contributed by atoms with Crippen molar-refractivity contribution in [2.75, 3.05) is 5.32 Å². The van der Waals surface area contributed by atoms with Crippen LogP contribution >= 0.6 is 0 Å². The van der Waals surface area contributed by atoms with E-state index in [0.717, 1.165) is 0 Å². The molecule has 21 heavy (non-hydrogen) atoms. The summed E-state index contributed by atoms with van der Waals surface area (Å²) in [6, 6.07) is 5.01. The van der Waals surface area contributed by atoms with Crippen LogP contribution in [0.15, 0.2) is 24.3 Å². The zero-order valence-electron chi connectivity index (χ0n) is 11.9. The van der Waals surface area contributed by atoms with Crippen LogP contribution in [0, 0.1) is 5.92 Å². The van der Waals surface area contributed by atoms with Gasteiger partial charge in [0, 0.05) is 17.3 Å². The van der Waals surface area contributed by atoms with E-state index < -0.39 is 18.0 Å². The topological polar surface area (TPSA) is 122 Å². The Hall–Kier alpha value is -2.57. The second-order valence-electron chi connectivity index (χ2n) is 4.99. The molecule has 0 heterocycles. The number of benzene rings is 1. The molecule has 5 N–H and O–H groups in total. The summed E-state index contributed by atoms with van der Waals surface area (Å²) in [6.45, 7) is 3.68. The van der Waals surface area contributed by atoms with Gasteiger partial charge in [0.1, 0.15) is 0 Å². The third kappa shape index (κ3) is 5.52. The molecular formula is C14H19N3O4. The van der Waals surface area contributed by atoms with Gasteiger partial charge in [0.05, 0.1) is 6.42 Å². The number of urea groups is 1. The van der Waals surface area contributed by atoms with E-state index in [-0.39, 0.29) is 18.2 Å². The summed E-state index contributed by atoms with van der Waals surface area (Å²) >= 11 is 0. The van der Waals surface area contributed by atoms with Crippen molar-refractivity contribution in [1.82, 2.24) is 5.32 Å². The van der Waals surface area contributed by atoms with Gasteiger partial charge in [-0.05, 0) is 30.2 Å². The predicted molar refractivity (Wildman–Crippen MR) is 78.0 cm³/mol. The average molecular weight is 293 g/mol. The number of primary amides is 1. The highest BCUT2D eigenvalue weighted by molar-refractivity contribution is 5.95. The molecule has 7 heteroatoms. The van der Waals surface area contributed by atoms with Crippen molar-refractivity contribution in [2.24, 2.45) is 11.7 Å². The fraction of sp³-hybridized carbons (Fsp3) is 0.357. The molecule has 0 saturated heterocycles. The van der Waals surface area contributed by atoms with Gasteiger partial charge >= 0.3 is 12.0 Å². The van der Waals surface area contributed by atoms with Crippen LogP contribution in [0.1, 0.15) is 30.6 Å². The van der Waals surface area contributed by atoms with Crippen LogP contribution < -0.4 is 16.4 Å². The van der Waals surface area contributed by atoms with Crippen LogP contribution in [0.3, 0.4) is 0 Å². The fourth-order valence-corrected chi connectivity index (χ4v) is 1.74. The molecule has 1 aromatic carbocycles. The monoisotopic (exact) mass is 293 g/mol. The van der Waals surface area contributed by atoms with Crippen molar-refractivity contribution in [3.8, 4) is 0 Å². The van der Waals surface area contributed by atoms with Gasteiger partial charge in [-0.25, -0.2) is 4.79 Å². The number of hydrogen-bond donors (Lipinski definition) is 4.